The van der Waals surface area contributed by atoms with Crippen LogP contribution in [0.25, 0.3) is 0 Å². The first-order valence-corrected chi connectivity index (χ1v) is 42.7. The van der Waals surface area contributed by atoms with Crippen molar-refractivity contribution in [2.45, 2.75) is 424 Å². The molecule has 99 heavy (non-hydrogen) atoms. The second-order valence-corrected chi connectivity index (χ2v) is 30.1. The predicted octanol–water partition coefficient (Wildman–Crippen LogP) is 26.4. The lowest BCUT2D eigenvalue weighted by Gasteiger charge is -2.26. The fraction of sp³-hybridized carbons (Fsp3) is 0.811. The first-order valence-electron chi connectivity index (χ1n) is 42.7. The van der Waals surface area contributed by atoms with Crippen LogP contribution in [0.5, 0.6) is 0 Å². The molecule has 0 aromatic carbocycles. The van der Waals surface area contributed by atoms with Gasteiger partial charge in [-0.25, -0.2) is 0 Å². The van der Waals surface area contributed by atoms with E-state index in [1.165, 1.54) is 308 Å². The highest BCUT2D eigenvalue weighted by Crippen LogP contribution is 2.20. The monoisotopic (exact) mass is 1390 g/mol. The molecule has 0 spiro atoms. The maximum Gasteiger partial charge on any atom is 0.306 e. The molecule has 0 fully saturated rings. The normalized spacial score (nSPS) is 13.0. The molecule has 0 rings (SSSR count). The number of nitrogens with zero attached hydrogens (tertiary/aromatic N) is 1. The van der Waals surface area contributed by atoms with Gasteiger partial charge in [-0.05, 0) is 89.9 Å². The Hall–Kier alpha value is -3.53. The molecule has 2 atom stereocenters. The fourth-order valence-corrected chi connectivity index (χ4v) is 12.7. The Bertz CT molecular complexity index is 1910. The minimum atomic E-state index is -1.62. The van der Waals surface area contributed by atoms with Crippen LogP contribution in [-0.4, -0.2) is 82.3 Å². The lowest BCUT2D eigenvalue weighted by atomic mass is 10.0. The van der Waals surface area contributed by atoms with Crippen LogP contribution in [0.3, 0.4) is 0 Å². The topological polar surface area (TPSA) is 111 Å². The van der Waals surface area contributed by atoms with Crippen molar-refractivity contribution in [3.05, 3.63) is 85.1 Å². The van der Waals surface area contributed by atoms with Gasteiger partial charge in [0.05, 0.1) is 40.3 Å². The molecule has 0 bridgehead atoms. The number of ether oxygens (including phenoxy) is 4. The molecule has 0 saturated heterocycles. The molecule has 0 aliphatic rings. The van der Waals surface area contributed by atoms with Crippen LogP contribution in [0.1, 0.15) is 412 Å². The average molecular weight is 1390 g/mol. The molecule has 0 radical (unpaired) electrons. The number of carbonyl (C=O) groups excluding carboxylic acids is 3. The second kappa shape index (κ2) is 80.2. The van der Waals surface area contributed by atoms with E-state index in [4.69, 9.17) is 18.9 Å². The molecule has 9 heteroatoms. The summed E-state index contributed by atoms with van der Waals surface area (Å²) < 4.78 is 22.9. The van der Waals surface area contributed by atoms with Gasteiger partial charge in [-0.2, -0.15) is 0 Å². The summed E-state index contributed by atoms with van der Waals surface area (Å²) in [5, 5.41) is 11.9. The number of allylic oxidation sites excluding steroid dienone is 14. The van der Waals surface area contributed by atoms with Gasteiger partial charge in [0, 0.05) is 12.8 Å². The number of likely N-dealkylation sites (N-methyl/N-ethyl adjacent to an activating group) is 1. The van der Waals surface area contributed by atoms with Gasteiger partial charge in [0.15, 0.2) is 12.4 Å². The summed E-state index contributed by atoms with van der Waals surface area (Å²) in [7, 11) is 5.95. The fourth-order valence-electron chi connectivity index (χ4n) is 12.7. The van der Waals surface area contributed by atoms with E-state index in [0.29, 0.717) is 23.9 Å². The summed E-state index contributed by atoms with van der Waals surface area (Å²) in [6, 6.07) is 0. The molecule has 0 aliphatic carbocycles. The summed E-state index contributed by atoms with van der Waals surface area (Å²) in [6.07, 6.45) is 107. The molecule has 0 aromatic rings. The third-order valence-corrected chi connectivity index (χ3v) is 19.1. The Balaban J connectivity index is 3.93. The molecule has 0 aromatic heterocycles. The van der Waals surface area contributed by atoms with Crippen LogP contribution in [0.4, 0.5) is 0 Å². The maximum absolute atomic E-state index is 13.0. The highest BCUT2D eigenvalue weighted by Gasteiger charge is 2.22. The maximum atomic E-state index is 13.0. The van der Waals surface area contributed by atoms with Crippen molar-refractivity contribution in [1.29, 1.82) is 0 Å². The number of carboxylic acids is 1. The Morgan fingerprint density at radius 1 is 0.313 bits per heavy atom. The van der Waals surface area contributed by atoms with Gasteiger partial charge < -0.3 is 33.3 Å². The number of hydrogen-bond donors (Lipinski definition) is 0. The molecule has 9 nitrogen and oxygen atoms in total. The van der Waals surface area contributed by atoms with E-state index in [9.17, 15) is 19.5 Å². The van der Waals surface area contributed by atoms with Crippen molar-refractivity contribution in [2.75, 3.05) is 47.5 Å². The van der Waals surface area contributed by atoms with Gasteiger partial charge in [-0.1, -0.05) is 394 Å². The standard InChI is InChI=1S/C90H163NO8/c1-6-8-10-12-14-16-18-20-22-24-26-28-30-32-34-36-38-40-41-42-43-44-45-46-47-49-50-52-54-56-58-60-62-64-66-68-70-72-74-76-78-80-87(92)97-84-86(85-98-90(89(94)95)96-83-82-91(3,4)5)99-88(93)81-79-77-75-73-71-69-67-65-63-61-59-57-55-53-51-48-39-37-35-33-31-29-27-25-23-21-19-17-15-13-11-9-7-2/h9,11,15,17-18,20-21,23-24,26-27,29-30,32,86,90H,6-8,10,12-14,16,19,22,25,28,31,33-85H2,1-5H3/b11-9-,17-15-,20-18-,23-21-,26-24-,29-27-,32-30-. The zero-order chi connectivity index (χ0) is 71.8. The molecule has 0 saturated carbocycles. The molecule has 576 valence electrons. The number of carboxylic acid groups (broad SMARTS) is 1. The van der Waals surface area contributed by atoms with E-state index < -0.39 is 24.3 Å². The van der Waals surface area contributed by atoms with Crippen LogP contribution in [-0.2, 0) is 33.3 Å². The first-order chi connectivity index (χ1) is 48.6. The largest absolute Gasteiger partial charge is 0.545 e. The van der Waals surface area contributed by atoms with Crippen molar-refractivity contribution in [2.24, 2.45) is 0 Å². The number of aliphatic carboxylic acids is 1. The van der Waals surface area contributed by atoms with E-state index in [-0.39, 0.29) is 32.2 Å². The van der Waals surface area contributed by atoms with E-state index in [1.54, 1.807) is 0 Å². The zero-order valence-electron chi connectivity index (χ0n) is 66.1. The highest BCUT2D eigenvalue weighted by atomic mass is 16.7. The van der Waals surface area contributed by atoms with Gasteiger partial charge in [0.2, 0.25) is 0 Å². The van der Waals surface area contributed by atoms with Crippen LogP contribution in [0, 0.1) is 0 Å². The van der Waals surface area contributed by atoms with Gasteiger partial charge in [-0.3, -0.25) is 9.59 Å². The van der Waals surface area contributed by atoms with E-state index in [2.05, 4.69) is 98.9 Å². The van der Waals surface area contributed by atoms with Gasteiger partial charge in [-0.15, -0.1) is 0 Å². The summed E-state index contributed by atoms with van der Waals surface area (Å²) in [6.45, 7) is 4.69. The van der Waals surface area contributed by atoms with Gasteiger partial charge in [0.1, 0.15) is 13.2 Å². The number of unbranched alkanes of at least 4 members (excludes halogenated alkanes) is 51. The molecule has 2 unspecified atom stereocenters. The number of quaternary nitrogens is 1. The summed E-state index contributed by atoms with van der Waals surface area (Å²) in [4.78, 5) is 37.7. The molecule has 0 amide bonds. The third-order valence-electron chi connectivity index (χ3n) is 19.1. The van der Waals surface area contributed by atoms with Crippen molar-refractivity contribution in [3.63, 3.8) is 0 Å². The number of hydrogen-bond acceptors (Lipinski definition) is 8. The molecular weight excluding hydrogens is 1220 g/mol. The van der Waals surface area contributed by atoms with Crippen molar-refractivity contribution < 1.29 is 42.9 Å². The molecular formula is C90H163NO8. The number of esters is 2. The smallest absolute Gasteiger partial charge is 0.306 e. The predicted molar refractivity (Wildman–Crippen MR) is 426 cm³/mol. The van der Waals surface area contributed by atoms with E-state index in [0.717, 1.165) is 70.6 Å². The lowest BCUT2D eigenvalue weighted by molar-refractivity contribution is -0.870. The van der Waals surface area contributed by atoms with E-state index >= 15 is 0 Å². The summed E-state index contributed by atoms with van der Waals surface area (Å²) >= 11 is 0. The third kappa shape index (κ3) is 81.6. The SMILES string of the molecule is CC/C=C\C/C=C\C/C=C\C/C=C\CCCCCCCCCCCCCCCCCCCCCCC(=O)OC(COC(=O)CCCCCCCCCCCCCCCCCCCCCCCCCCCC/C=C\C/C=C\C/C=C\CCCCCCC)COC(OCC[N+](C)(C)C)C(=O)[O-]. The Labute approximate surface area is 614 Å². The molecule has 0 N–H and O–H groups in total. The van der Waals surface area contributed by atoms with E-state index in [1.807, 2.05) is 21.1 Å². The average Bonchev–Trinajstić information content (AvgIpc) is 1.57. The highest BCUT2D eigenvalue weighted by molar-refractivity contribution is 5.70. The summed E-state index contributed by atoms with van der Waals surface area (Å²) in [5.41, 5.74) is 0. The van der Waals surface area contributed by atoms with Crippen molar-refractivity contribution in [1.82, 2.24) is 0 Å². The van der Waals surface area contributed by atoms with Gasteiger partial charge >= 0.3 is 11.9 Å². The van der Waals surface area contributed by atoms with Crippen LogP contribution in [0.15, 0.2) is 85.1 Å². The Morgan fingerprint density at radius 3 is 0.859 bits per heavy atom. The van der Waals surface area contributed by atoms with Crippen molar-refractivity contribution in [3.8, 4) is 0 Å². The van der Waals surface area contributed by atoms with Crippen LogP contribution in [0.2, 0.25) is 0 Å². The molecule has 0 heterocycles. The number of rotatable bonds is 80. The minimum Gasteiger partial charge on any atom is -0.545 e. The van der Waals surface area contributed by atoms with Crippen molar-refractivity contribution >= 4 is 17.9 Å². The Morgan fingerprint density at radius 2 is 0.576 bits per heavy atom. The quantitative estimate of drug-likeness (QED) is 0.0195. The van der Waals surface area contributed by atoms with Crippen LogP contribution >= 0.6 is 0 Å². The minimum absolute atomic E-state index is 0.149. The van der Waals surface area contributed by atoms with Crippen LogP contribution < -0.4 is 5.11 Å². The first kappa shape index (κ1) is 95.5. The number of carbonyl (C=O) groups is 3. The van der Waals surface area contributed by atoms with Gasteiger partial charge in [0.25, 0.3) is 0 Å². The Kier molecular flexibility index (Phi) is 77.3. The zero-order valence-corrected chi connectivity index (χ0v) is 66.1. The summed E-state index contributed by atoms with van der Waals surface area (Å²) in [5.74, 6) is -2.25. The second-order valence-electron chi connectivity index (χ2n) is 30.1. The lowest BCUT2D eigenvalue weighted by Crippen LogP contribution is -2.44. The molecule has 0 aliphatic heterocycles.